The molecule has 10 rings (SSSR count). The van der Waals surface area contributed by atoms with E-state index in [1.165, 1.54) is 92.5 Å². The summed E-state index contributed by atoms with van der Waals surface area (Å²) in [7, 11) is 0. The second kappa shape index (κ2) is 15.4. The second-order valence-corrected chi connectivity index (χ2v) is 16.5. The molecule has 0 amide bonds. The highest BCUT2D eigenvalue weighted by molar-refractivity contribution is 7.25. The molecule has 0 radical (unpaired) electrons. The van der Waals surface area contributed by atoms with Crippen molar-refractivity contribution in [1.82, 2.24) is 0 Å². The molecule has 2 heteroatoms. The lowest BCUT2D eigenvalue weighted by atomic mass is 9.89. The third-order valence-electron chi connectivity index (χ3n) is 11.8. The van der Waals surface area contributed by atoms with Gasteiger partial charge >= 0.3 is 0 Å². The molecule has 0 N–H and O–H groups in total. The Morgan fingerprint density at radius 3 is 1.56 bits per heavy atom. The summed E-state index contributed by atoms with van der Waals surface area (Å²) >= 11 is 1.87. The SMILES string of the molecule is Cc1ccccc1-c1cccc(-c2cccc(N(c3ccc(-c4cccc5sc6ccccc6c45)cc3)c3cc(-c4ccccc4)cc(-c4ccccc4)c3)c2C)c1C. The molecule has 0 saturated heterocycles. The maximum atomic E-state index is 2.46. The molecule has 0 saturated carbocycles. The van der Waals surface area contributed by atoms with Crippen molar-refractivity contribution in [2.45, 2.75) is 20.8 Å². The molecule has 10 aromatic rings. The predicted molar refractivity (Wildman–Crippen MR) is 255 cm³/mol. The average molecular weight is 774 g/mol. The van der Waals surface area contributed by atoms with Crippen molar-refractivity contribution in [1.29, 1.82) is 0 Å². The van der Waals surface area contributed by atoms with Gasteiger partial charge in [0.1, 0.15) is 0 Å². The van der Waals surface area contributed by atoms with Gasteiger partial charge in [-0.25, -0.2) is 0 Å². The second-order valence-electron chi connectivity index (χ2n) is 15.4. The van der Waals surface area contributed by atoms with E-state index >= 15 is 0 Å². The Balaban J connectivity index is 1.17. The van der Waals surface area contributed by atoms with Gasteiger partial charge in [-0.3, -0.25) is 0 Å². The van der Waals surface area contributed by atoms with Gasteiger partial charge in [-0.05, 0) is 142 Å². The van der Waals surface area contributed by atoms with E-state index in [0.717, 1.165) is 17.1 Å². The van der Waals surface area contributed by atoms with Gasteiger partial charge in [0, 0.05) is 37.2 Å². The molecular formula is C57H43NS. The molecule has 282 valence electrons. The van der Waals surface area contributed by atoms with Crippen molar-refractivity contribution < 1.29 is 0 Å². The van der Waals surface area contributed by atoms with E-state index in [-0.39, 0.29) is 0 Å². The summed E-state index contributed by atoms with van der Waals surface area (Å²) in [5.74, 6) is 0. The highest BCUT2D eigenvalue weighted by atomic mass is 32.1. The van der Waals surface area contributed by atoms with Gasteiger partial charge in [-0.2, -0.15) is 0 Å². The van der Waals surface area contributed by atoms with Gasteiger partial charge in [0.15, 0.2) is 0 Å². The van der Waals surface area contributed by atoms with Crippen molar-refractivity contribution in [2.24, 2.45) is 0 Å². The molecule has 0 aliphatic carbocycles. The normalized spacial score (nSPS) is 11.3. The lowest BCUT2D eigenvalue weighted by Gasteiger charge is -2.29. The number of aryl methyl sites for hydroxylation is 1. The summed E-state index contributed by atoms with van der Waals surface area (Å²) in [6, 6.07) is 75.4. The minimum absolute atomic E-state index is 1.10. The highest BCUT2D eigenvalue weighted by Gasteiger charge is 2.21. The monoisotopic (exact) mass is 773 g/mol. The van der Waals surface area contributed by atoms with Crippen LogP contribution in [0.3, 0.4) is 0 Å². The van der Waals surface area contributed by atoms with Crippen LogP contribution < -0.4 is 4.90 Å². The maximum absolute atomic E-state index is 2.46. The van der Waals surface area contributed by atoms with Crippen molar-refractivity contribution in [3.8, 4) is 55.6 Å². The van der Waals surface area contributed by atoms with Crippen LogP contribution in [0.1, 0.15) is 16.7 Å². The third-order valence-corrected chi connectivity index (χ3v) is 13.0. The van der Waals surface area contributed by atoms with E-state index in [4.69, 9.17) is 0 Å². The Morgan fingerprint density at radius 1 is 0.339 bits per heavy atom. The number of fused-ring (bicyclic) bond motifs is 3. The first-order chi connectivity index (χ1) is 29.0. The van der Waals surface area contributed by atoms with Crippen molar-refractivity contribution in [3.05, 3.63) is 223 Å². The molecule has 0 unspecified atom stereocenters. The Labute approximate surface area is 351 Å². The lowest BCUT2D eigenvalue weighted by Crippen LogP contribution is -2.12. The van der Waals surface area contributed by atoms with Gasteiger partial charge in [0.2, 0.25) is 0 Å². The Hall–Kier alpha value is -7.00. The highest BCUT2D eigenvalue weighted by Crippen LogP contribution is 2.45. The van der Waals surface area contributed by atoms with Crippen LogP contribution in [-0.2, 0) is 0 Å². The fraction of sp³-hybridized carbons (Fsp3) is 0.0526. The van der Waals surface area contributed by atoms with Crippen molar-refractivity contribution >= 4 is 48.6 Å². The van der Waals surface area contributed by atoms with Crippen molar-refractivity contribution in [3.63, 3.8) is 0 Å². The lowest BCUT2D eigenvalue weighted by molar-refractivity contribution is 1.25. The summed E-state index contributed by atoms with van der Waals surface area (Å²) < 4.78 is 2.63. The molecule has 1 heterocycles. The van der Waals surface area contributed by atoms with Crippen LogP contribution in [0.15, 0.2) is 206 Å². The summed E-state index contributed by atoms with van der Waals surface area (Å²) in [5.41, 5.74) is 19.4. The number of anilines is 3. The molecule has 0 atom stereocenters. The smallest absolute Gasteiger partial charge is 0.0496 e. The number of hydrogen-bond acceptors (Lipinski definition) is 2. The molecule has 0 spiro atoms. The van der Waals surface area contributed by atoms with E-state index in [0.29, 0.717) is 0 Å². The predicted octanol–water partition coefficient (Wildman–Crippen LogP) is 16.8. The Morgan fingerprint density at radius 2 is 0.864 bits per heavy atom. The van der Waals surface area contributed by atoms with Gasteiger partial charge in [0.05, 0.1) is 0 Å². The minimum atomic E-state index is 1.10. The van der Waals surface area contributed by atoms with Crippen LogP contribution in [0.2, 0.25) is 0 Å². The molecular weight excluding hydrogens is 731 g/mol. The van der Waals surface area contributed by atoms with Crippen LogP contribution in [0, 0.1) is 20.8 Å². The zero-order valence-corrected chi connectivity index (χ0v) is 34.3. The number of rotatable bonds is 8. The summed E-state index contributed by atoms with van der Waals surface area (Å²) in [4.78, 5) is 2.46. The quantitative estimate of drug-likeness (QED) is 0.149. The van der Waals surface area contributed by atoms with Crippen LogP contribution in [0.25, 0.3) is 75.8 Å². The molecule has 9 aromatic carbocycles. The van der Waals surface area contributed by atoms with Crippen LogP contribution in [-0.4, -0.2) is 0 Å². The van der Waals surface area contributed by atoms with Gasteiger partial charge in [-0.1, -0.05) is 158 Å². The molecule has 1 aromatic heterocycles. The molecule has 0 bridgehead atoms. The molecule has 1 nitrogen and oxygen atoms in total. The Bertz CT molecular complexity index is 3060. The first kappa shape index (κ1) is 36.3. The van der Waals surface area contributed by atoms with E-state index in [1.807, 2.05) is 11.3 Å². The zero-order valence-electron chi connectivity index (χ0n) is 33.5. The standard InChI is InChI=1S/C57H43NS/c1-38-17-10-11-22-48(38)49-24-14-25-50(39(49)2)51-26-15-28-54(40(51)3)58(47-36-44(41-18-6-4-7-19-41)35-45(37-47)42-20-8-5-9-21-42)46-33-31-43(32-34-46)52-27-16-30-56-57(52)53-23-12-13-29-55(53)59-56/h4-37H,1-3H3. The van der Waals surface area contributed by atoms with Crippen LogP contribution in [0.4, 0.5) is 17.1 Å². The topological polar surface area (TPSA) is 3.24 Å². The van der Waals surface area contributed by atoms with E-state index < -0.39 is 0 Å². The maximum Gasteiger partial charge on any atom is 0.0496 e. The van der Waals surface area contributed by atoms with E-state index in [2.05, 4.69) is 232 Å². The molecule has 0 fully saturated rings. The minimum Gasteiger partial charge on any atom is -0.310 e. The summed E-state index contributed by atoms with van der Waals surface area (Å²) in [6.45, 7) is 6.76. The fourth-order valence-corrected chi connectivity index (χ4v) is 9.95. The molecule has 0 aliphatic rings. The van der Waals surface area contributed by atoms with Gasteiger partial charge < -0.3 is 4.90 Å². The first-order valence-corrected chi connectivity index (χ1v) is 21.2. The van der Waals surface area contributed by atoms with Crippen LogP contribution in [0.5, 0.6) is 0 Å². The largest absolute Gasteiger partial charge is 0.310 e. The average Bonchev–Trinajstić information content (AvgIpc) is 3.68. The van der Waals surface area contributed by atoms with Crippen molar-refractivity contribution in [2.75, 3.05) is 4.90 Å². The first-order valence-electron chi connectivity index (χ1n) is 20.3. The summed E-state index contributed by atoms with van der Waals surface area (Å²) in [5, 5.41) is 2.64. The van der Waals surface area contributed by atoms with Gasteiger partial charge in [-0.15, -0.1) is 11.3 Å². The summed E-state index contributed by atoms with van der Waals surface area (Å²) in [6.07, 6.45) is 0. The zero-order chi connectivity index (χ0) is 39.9. The number of thiophene rings is 1. The van der Waals surface area contributed by atoms with Gasteiger partial charge in [0.25, 0.3) is 0 Å². The fourth-order valence-electron chi connectivity index (χ4n) is 8.82. The number of nitrogens with zero attached hydrogens (tertiary/aromatic N) is 1. The van der Waals surface area contributed by atoms with E-state index in [9.17, 15) is 0 Å². The van der Waals surface area contributed by atoms with Crippen LogP contribution >= 0.6 is 11.3 Å². The number of benzene rings is 9. The third kappa shape index (κ3) is 6.72. The Kier molecular flexibility index (Phi) is 9.49. The molecule has 0 aliphatic heterocycles. The van der Waals surface area contributed by atoms with E-state index in [1.54, 1.807) is 0 Å². The molecule has 59 heavy (non-hydrogen) atoms. The number of hydrogen-bond donors (Lipinski definition) is 0.